The van der Waals surface area contributed by atoms with Crippen molar-refractivity contribution in [1.82, 2.24) is 5.32 Å². The van der Waals surface area contributed by atoms with Gasteiger partial charge in [-0.25, -0.2) is 4.79 Å². The van der Waals surface area contributed by atoms with Crippen molar-refractivity contribution in [3.63, 3.8) is 0 Å². The Labute approximate surface area is 160 Å². The molecule has 1 aromatic heterocycles. The van der Waals surface area contributed by atoms with E-state index in [1.54, 1.807) is 11.3 Å². The van der Waals surface area contributed by atoms with Crippen molar-refractivity contribution >= 4 is 17.4 Å². The first-order valence-electron chi connectivity index (χ1n) is 9.29. The highest BCUT2D eigenvalue weighted by atomic mass is 32.1. The van der Waals surface area contributed by atoms with Crippen molar-refractivity contribution < 1.29 is 9.53 Å². The van der Waals surface area contributed by atoms with E-state index >= 15 is 0 Å². The van der Waals surface area contributed by atoms with Crippen molar-refractivity contribution in [2.24, 2.45) is 0 Å². The summed E-state index contributed by atoms with van der Waals surface area (Å²) in [7, 11) is 0. The number of carbonyl (C=O) groups excluding carboxylic acids is 1. The van der Waals surface area contributed by atoms with Gasteiger partial charge >= 0.3 is 6.09 Å². The summed E-state index contributed by atoms with van der Waals surface area (Å²) in [6.07, 6.45) is 6.41. The third-order valence-electron chi connectivity index (χ3n) is 3.98. The van der Waals surface area contributed by atoms with Crippen molar-refractivity contribution in [3.8, 4) is 11.8 Å². The van der Waals surface area contributed by atoms with E-state index in [1.165, 1.54) is 31.2 Å². The maximum Gasteiger partial charge on any atom is 0.407 e. The molecule has 4 heteroatoms. The minimum absolute atomic E-state index is 0.287. The van der Waals surface area contributed by atoms with Crippen molar-refractivity contribution in [3.05, 3.63) is 57.8 Å². The number of hydrogen-bond donors (Lipinski definition) is 1. The SMILES string of the molecule is CCCCCCc1ccsc1C#CCCNC(=O)OCc1ccccc1. The van der Waals surface area contributed by atoms with Gasteiger partial charge in [0.05, 0.1) is 4.88 Å². The van der Waals surface area contributed by atoms with Gasteiger partial charge in [-0.3, -0.25) is 0 Å². The molecular formula is C22H27NO2S. The van der Waals surface area contributed by atoms with Gasteiger partial charge in [0.2, 0.25) is 0 Å². The quantitative estimate of drug-likeness (QED) is 0.465. The molecule has 3 nitrogen and oxygen atoms in total. The Morgan fingerprint density at radius 3 is 2.81 bits per heavy atom. The molecule has 138 valence electrons. The maximum absolute atomic E-state index is 11.7. The molecule has 0 unspecified atom stereocenters. The lowest BCUT2D eigenvalue weighted by molar-refractivity contribution is 0.140. The fraction of sp³-hybridized carbons (Fsp3) is 0.409. The first kappa shape index (κ1) is 20.1. The molecule has 0 saturated carbocycles. The molecule has 0 fully saturated rings. The van der Waals surface area contributed by atoms with Crippen LogP contribution in [0.5, 0.6) is 0 Å². The third-order valence-corrected chi connectivity index (χ3v) is 4.85. The number of ether oxygens (including phenoxy) is 1. The number of rotatable bonds is 9. The van der Waals surface area contributed by atoms with E-state index in [2.05, 4.69) is 35.5 Å². The average Bonchev–Trinajstić information content (AvgIpc) is 3.11. The standard InChI is InChI=1S/C22H27NO2S/c1-2-3-4-8-13-20-15-17-26-21(20)14-9-10-16-23-22(24)25-18-19-11-6-5-7-12-19/h5-7,11-12,15,17H,2-4,8,10,13,16,18H2,1H3,(H,23,24). The van der Waals surface area contributed by atoms with E-state index in [0.717, 1.165) is 16.9 Å². The Bertz CT molecular complexity index is 712. The van der Waals surface area contributed by atoms with Gasteiger partial charge in [0.15, 0.2) is 0 Å². The van der Waals surface area contributed by atoms with Gasteiger partial charge in [-0.1, -0.05) is 68.4 Å². The van der Waals surface area contributed by atoms with Crippen LogP contribution in [-0.4, -0.2) is 12.6 Å². The molecule has 0 saturated heterocycles. The first-order chi connectivity index (χ1) is 12.8. The molecule has 0 radical (unpaired) electrons. The van der Waals surface area contributed by atoms with Crippen LogP contribution in [0.15, 0.2) is 41.8 Å². The van der Waals surface area contributed by atoms with Crippen molar-refractivity contribution in [1.29, 1.82) is 0 Å². The zero-order chi connectivity index (χ0) is 18.5. The summed E-state index contributed by atoms with van der Waals surface area (Å²) < 4.78 is 5.17. The number of alkyl carbamates (subject to hydrolysis) is 1. The number of aryl methyl sites for hydroxylation is 1. The second kappa shape index (κ2) is 12.2. The van der Waals surface area contributed by atoms with Gasteiger partial charge in [-0.2, -0.15) is 0 Å². The molecule has 0 aliphatic heterocycles. The third kappa shape index (κ3) is 7.76. The molecule has 2 rings (SSSR count). The molecule has 26 heavy (non-hydrogen) atoms. The molecule has 0 bridgehead atoms. The van der Waals surface area contributed by atoms with Gasteiger partial charge in [-0.15, -0.1) is 11.3 Å². The summed E-state index contributed by atoms with van der Waals surface area (Å²) in [6.45, 7) is 3.01. The van der Waals surface area contributed by atoms with E-state index in [-0.39, 0.29) is 6.61 Å². The summed E-state index contributed by atoms with van der Waals surface area (Å²) in [5, 5.41) is 4.85. The summed E-state index contributed by atoms with van der Waals surface area (Å²) in [4.78, 5) is 12.8. The summed E-state index contributed by atoms with van der Waals surface area (Å²) >= 11 is 1.70. The monoisotopic (exact) mass is 369 g/mol. The lowest BCUT2D eigenvalue weighted by Crippen LogP contribution is -2.24. The zero-order valence-electron chi connectivity index (χ0n) is 15.4. The normalized spacial score (nSPS) is 10.0. The van der Waals surface area contributed by atoms with E-state index in [4.69, 9.17) is 4.74 Å². The molecule has 1 amide bonds. The number of amides is 1. The van der Waals surface area contributed by atoms with Crippen LogP contribution in [0.25, 0.3) is 0 Å². The maximum atomic E-state index is 11.7. The van der Waals surface area contributed by atoms with Crippen molar-refractivity contribution in [2.45, 2.75) is 52.1 Å². The fourth-order valence-corrected chi connectivity index (χ4v) is 3.35. The van der Waals surface area contributed by atoms with Crippen LogP contribution in [0.1, 0.15) is 55.0 Å². The second-order valence-corrected chi connectivity index (χ2v) is 7.04. The molecule has 0 spiro atoms. The molecule has 1 N–H and O–H groups in total. The highest BCUT2D eigenvalue weighted by Gasteiger charge is 2.02. The molecule has 1 aromatic carbocycles. The largest absolute Gasteiger partial charge is 0.445 e. The average molecular weight is 370 g/mol. The number of benzene rings is 1. The summed E-state index contributed by atoms with van der Waals surface area (Å²) in [5.41, 5.74) is 2.33. The number of unbranched alkanes of at least 4 members (excludes halogenated alkanes) is 3. The van der Waals surface area contributed by atoms with E-state index in [1.807, 2.05) is 30.3 Å². The molecule has 0 aliphatic carbocycles. The van der Waals surface area contributed by atoms with Crippen LogP contribution in [0.2, 0.25) is 0 Å². The lowest BCUT2D eigenvalue weighted by atomic mass is 10.1. The van der Waals surface area contributed by atoms with Crippen LogP contribution in [0.3, 0.4) is 0 Å². The fourth-order valence-electron chi connectivity index (χ4n) is 2.53. The van der Waals surface area contributed by atoms with Gasteiger partial charge in [0.1, 0.15) is 6.61 Å². The number of nitrogens with one attached hydrogen (secondary N) is 1. The Balaban J connectivity index is 1.64. The number of hydrogen-bond acceptors (Lipinski definition) is 3. The molecule has 1 heterocycles. The van der Waals surface area contributed by atoms with Crippen molar-refractivity contribution in [2.75, 3.05) is 6.54 Å². The van der Waals surface area contributed by atoms with Gasteiger partial charge in [0.25, 0.3) is 0 Å². The molecular weight excluding hydrogens is 342 g/mol. The predicted octanol–water partition coefficient (Wildman–Crippen LogP) is 5.54. The Kier molecular flexibility index (Phi) is 9.38. The first-order valence-corrected chi connectivity index (χ1v) is 10.2. The smallest absolute Gasteiger partial charge is 0.407 e. The topological polar surface area (TPSA) is 38.3 Å². The zero-order valence-corrected chi connectivity index (χ0v) is 16.2. The second-order valence-electron chi connectivity index (χ2n) is 6.13. The Hall–Kier alpha value is -2.25. The highest BCUT2D eigenvalue weighted by molar-refractivity contribution is 7.10. The van der Waals surface area contributed by atoms with Crippen LogP contribution in [0, 0.1) is 11.8 Å². The summed E-state index contributed by atoms with van der Waals surface area (Å²) in [6, 6.07) is 11.8. The van der Waals surface area contributed by atoms with E-state index in [9.17, 15) is 4.79 Å². The Morgan fingerprint density at radius 2 is 2.00 bits per heavy atom. The van der Waals surface area contributed by atoms with Gasteiger partial charge < -0.3 is 10.1 Å². The molecule has 0 aliphatic rings. The van der Waals surface area contributed by atoms with Crippen LogP contribution < -0.4 is 5.32 Å². The van der Waals surface area contributed by atoms with E-state index < -0.39 is 6.09 Å². The minimum atomic E-state index is -0.400. The predicted molar refractivity (Wildman–Crippen MR) is 108 cm³/mol. The Morgan fingerprint density at radius 1 is 1.15 bits per heavy atom. The summed E-state index contributed by atoms with van der Waals surface area (Å²) in [5.74, 6) is 6.39. The number of carbonyl (C=O) groups is 1. The molecule has 2 aromatic rings. The highest BCUT2D eigenvalue weighted by Crippen LogP contribution is 2.18. The molecule has 0 atom stereocenters. The minimum Gasteiger partial charge on any atom is -0.445 e. The van der Waals surface area contributed by atoms with Gasteiger partial charge in [-0.05, 0) is 35.4 Å². The van der Waals surface area contributed by atoms with Crippen LogP contribution in [0.4, 0.5) is 4.79 Å². The van der Waals surface area contributed by atoms with E-state index in [0.29, 0.717) is 13.0 Å². The lowest BCUT2D eigenvalue weighted by Gasteiger charge is -2.05. The van der Waals surface area contributed by atoms with Crippen LogP contribution >= 0.6 is 11.3 Å². The van der Waals surface area contributed by atoms with Crippen LogP contribution in [-0.2, 0) is 17.8 Å². The van der Waals surface area contributed by atoms with Gasteiger partial charge in [0, 0.05) is 13.0 Å². The number of thiophene rings is 1.